The van der Waals surface area contributed by atoms with Gasteiger partial charge < -0.3 is 10.8 Å². The molecule has 0 heterocycles. The molecule has 0 fully saturated rings. The number of nitrogens with two attached hydrogens (primary N) is 1. The molecule has 0 aromatic carbocycles. The standard InChI is InChI=1S/C11H17NO2/c1-2-3-7-11(12)8-5-4-6-9(11)10(13)14/h4-6,8-9H,2-3,7,12H2,1H3,(H,13,14). The van der Waals surface area contributed by atoms with Gasteiger partial charge >= 0.3 is 5.97 Å². The summed E-state index contributed by atoms with van der Waals surface area (Å²) in [4.78, 5) is 11.0. The summed E-state index contributed by atoms with van der Waals surface area (Å²) in [5, 5.41) is 9.01. The van der Waals surface area contributed by atoms with Crippen LogP contribution in [0.4, 0.5) is 0 Å². The Kier molecular flexibility index (Phi) is 3.47. The maximum Gasteiger partial charge on any atom is 0.312 e. The number of carboxylic acid groups (broad SMARTS) is 1. The average Bonchev–Trinajstić information content (AvgIpc) is 2.15. The van der Waals surface area contributed by atoms with Gasteiger partial charge in [-0.2, -0.15) is 0 Å². The third-order valence-corrected chi connectivity index (χ3v) is 2.63. The lowest BCUT2D eigenvalue weighted by molar-refractivity contribution is -0.141. The molecule has 0 saturated heterocycles. The Morgan fingerprint density at radius 1 is 1.57 bits per heavy atom. The van der Waals surface area contributed by atoms with E-state index in [4.69, 9.17) is 10.8 Å². The zero-order chi connectivity index (χ0) is 10.6. The maximum absolute atomic E-state index is 11.0. The molecule has 2 unspecified atom stereocenters. The van der Waals surface area contributed by atoms with Crippen LogP contribution in [0.5, 0.6) is 0 Å². The molecule has 3 heteroatoms. The number of unbranched alkanes of at least 4 members (excludes halogenated alkanes) is 1. The Labute approximate surface area is 84.3 Å². The Morgan fingerprint density at radius 2 is 2.29 bits per heavy atom. The van der Waals surface area contributed by atoms with Crippen molar-refractivity contribution >= 4 is 5.97 Å². The zero-order valence-electron chi connectivity index (χ0n) is 8.44. The van der Waals surface area contributed by atoms with E-state index in [1.807, 2.05) is 6.08 Å². The van der Waals surface area contributed by atoms with Crippen molar-refractivity contribution in [3.05, 3.63) is 24.3 Å². The largest absolute Gasteiger partial charge is 0.481 e. The fraction of sp³-hybridized carbons (Fsp3) is 0.545. The summed E-state index contributed by atoms with van der Waals surface area (Å²) >= 11 is 0. The Hall–Kier alpha value is -1.09. The summed E-state index contributed by atoms with van der Waals surface area (Å²) in [5.41, 5.74) is 5.37. The number of aliphatic carboxylic acids is 1. The molecule has 0 spiro atoms. The predicted molar refractivity (Wildman–Crippen MR) is 55.8 cm³/mol. The monoisotopic (exact) mass is 195 g/mol. The third-order valence-electron chi connectivity index (χ3n) is 2.63. The summed E-state index contributed by atoms with van der Waals surface area (Å²) in [6, 6.07) is 0. The molecule has 0 bridgehead atoms. The van der Waals surface area contributed by atoms with E-state index in [2.05, 4.69) is 6.92 Å². The Morgan fingerprint density at radius 3 is 2.86 bits per heavy atom. The van der Waals surface area contributed by atoms with E-state index in [0.29, 0.717) is 0 Å². The van der Waals surface area contributed by atoms with E-state index in [1.54, 1.807) is 18.2 Å². The summed E-state index contributed by atoms with van der Waals surface area (Å²) in [6.07, 6.45) is 9.76. The van der Waals surface area contributed by atoms with E-state index >= 15 is 0 Å². The molecule has 3 nitrogen and oxygen atoms in total. The van der Waals surface area contributed by atoms with Crippen LogP contribution in [0, 0.1) is 5.92 Å². The highest BCUT2D eigenvalue weighted by Gasteiger charge is 2.36. The lowest BCUT2D eigenvalue weighted by atomic mass is 9.78. The van der Waals surface area contributed by atoms with Crippen molar-refractivity contribution in [1.82, 2.24) is 0 Å². The molecule has 0 aliphatic heterocycles. The van der Waals surface area contributed by atoms with E-state index in [1.165, 1.54) is 0 Å². The topological polar surface area (TPSA) is 63.3 Å². The molecular formula is C11H17NO2. The van der Waals surface area contributed by atoms with Crippen LogP contribution < -0.4 is 5.73 Å². The van der Waals surface area contributed by atoms with Gasteiger partial charge in [-0.25, -0.2) is 0 Å². The number of rotatable bonds is 4. The molecule has 1 rings (SSSR count). The minimum Gasteiger partial charge on any atom is -0.481 e. The molecule has 14 heavy (non-hydrogen) atoms. The normalized spacial score (nSPS) is 30.6. The molecule has 1 aliphatic carbocycles. The van der Waals surface area contributed by atoms with Gasteiger partial charge in [-0.1, -0.05) is 44.1 Å². The van der Waals surface area contributed by atoms with Crippen molar-refractivity contribution in [2.75, 3.05) is 0 Å². The highest BCUT2D eigenvalue weighted by molar-refractivity contribution is 5.75. The van der Waals surface area contributed by atoms with E-state index < -0.39 is 17.4 Å². The molecule has 78 valence electrons. The third kappa shape index (κ3) is 2.23. The zero-order valence-corrected chi connectivity index (χ0v) is 8.44. The van der Waals surface area contributed by atoms with Crippen LogP contribution >= 0.6 is 0 Å². The number of hydrogen-bond donors (Lipinski definition) is 2. The van der Waals surface area contributed by atoms with Crippen molar-refractivity contribution in [2.45, 2.75) is 31.7 Å². The van der Waals surface area contributed by atoms with Gasteiger partial charge in [0, 0.05) is 0 Å². The average molecular weight is 195 g/mol. The second-order valence-corrected chi connectivity index (χ2v) is 3.78. The second kappa shape index (κ2) is 4.42. The highest BCUT2D eigenvalue weighted by Crippen LogP contribution is 2.27. The molecule has 2 atom stereocenters. The van der Waals surface area contributed by atoms with Crippen molar-refractivity contribution in [3.8, 4) is 0 Å². The molecule has 0 aromatic heterocycles. The van der Waals surface area contributed by atoms with Gasteiger partial charge in [-0.05, 0) is 6.42 Å². The Balaban J connectivity index is 2.77. The Bertz CT molecular complexity index is 270. The molecule has 3 N–H and O–H groups in total. The number of hydrogen-bond acceptors (Lipinski definition) is 2. The number of carbonyl (C=O) groups is 1. The van der Waals surface area contributed by atoms with Crippen LogP contribution in [0.1, 0.15) is 26.2 Å². The maximum atomic E-state index is 11.0. The minimum atomic E-state index is -0.843. The fourth-order valence-corrected chi connectivity index (χ4v) is 1.73. The highest BCUT2D eigenvalue weighted by atomic mass is 16.4. The first-order valence-electron chi connectivity index (χ1n) is 4.98. The van der Waals surface area contributed by atoms with Gasteiger partial charge in [0.15, 0.2) is 0 Å². The van der Waals surface area contributed by atoms with Gasteiger partial charge in [0.05, 0.1) is 11.5 Å². The lowest BCUT2D eigenvalue weighted by Gasteiger charge is -2.32. The molecule has 0 amide bonds. The fourth-order valence-electron chi connectivity index (χ4n) is 1.73. The molecule has 0 aromatic rings. The van der Waals surface area contributed by atoms with Gasteiger partial charge in [0.25, 0.3) is 0 Å². The molecule has 0 radical (unpaired) electrons. The number of allylic oxidation sites excluding steroid dienone is 2. The van der Waals surface area contributed by atoms with E-state index in [0.717, 1.165) is 19.3 Å². The minimum absolute atomic E-state index is 0.584. The molecule has 1 aliphatic rings. The van der Waals surface area contributed by atoms with Crippen LogP contribution in [0.3, 0.4) is 0 Å². The lowest BCUT2D eigenvalue weighted by Crippen LogP contribution is -2.48. The molecular weight excluding hydrogens is 178 g/mol. The van der Waals surface area contributed by atoms with Crippen LogP contribution in [0.15, 0.2) is 24.3 Å². The van der Waals surface area contributed by atoms with Crippen molar-refractivity contribution < 1.29 is 9.90 Å². The van der Waals surface area contributed by atoms with Gasteiger partial charge in [-0.15, -0.1) is 0 Å². The van der Waals surface area contributed by atoms with Gasteiger partial charge in [0.1, 0.15) is 0 Å². The first-order valence-corrected chi connectivity index (χ1v) is 4.98. The SMILES string of the molecule is CCCCC1(N)C=CC=CC1C(=O)O. The van der Waals surface area contributed by atoms with Crippen LogP contribution in [-0.2, 0) is 4.79 Å². The summed E-state index contributed by atoms with van der Waals surface area (Å²) in [7, 11) is 0. The number of carboxylic acids is 1. The first-order chi connectivity index (χ1) is 6.60. The van der Waals surface area contributed by atoms with Crippen LogP contribution in [-0.4, -0.2) is 16.6 Å². The van der Waals surface area contributed by atoms with E-state index in [-0.39, 0.29) is 0 Å². The predicted octanol–water partition coefficient (Wildman–Crippen LogP) is 1.70. The van der Waals surface area contributed by atoms with Crippen LogP contribution in [0.25, 0.3) is 0 Å². The van der Waals surface area contributed by atoms with E-state index in [9.17, 15) is 4.79 Å². The van der Waals surface area contributed by atoms with Crippen molar-refractivity contribution in [1.29, 1.82) is 0 Å². The van der Waals surface area contributed by atoms with Crippen LogP contribution in [0.2, 0.25) is 0 Å². The summed E-state index contributed by atoms with van der Waals surface area (Å²) in [5.74, 6) is -1.43. The smallest absolute Gasteiger partial charge is 0.312 e. The van der Waals surface area contributed by atoms with Gasteiger partial charge in [-0.3, -0.25) is 4.79 Å². The van der Waals surface area contributed by atoms with Crippen molar-refractivity contribution in [3.63, 3.8) is 0 Å². The van der Waals surface area contributed by atoms with Crippen molar-refractivity contribution in [2.24, 2.45) is 11.7 Å². The summed E-state index contributed by atoms with van der Waals surface area (Å²) < 4.78 is 0. The summed E-state index contributed by atoms with van der Waals surface area (Å²) in [6.45, 7) is 2.07. The van der Waals surface area contributed by atoms with Gasteiger partial charge in [0.2, 0.25) is 0 Å². The quantitative estimate of drug-likeness (QED) is 0.717. The molecule has 0 saturated carbocycles. The first kappa shape index (κ1) is 11.0. The second-order valence-electron chi connectivity index (χ2n) is 3.78.